The van der Waals surface area contributed by atoms with E-state index in [-0.39, 0.29) is 5.97 Å². The molecule has 0 atom stereocenters. The van der Waals surface area contributed by atoms with Crippen molar-refractivity contribution >= 4 is 39.2 Å². The summed E-state index contributed by atoms with van der Waals surface area (Å²) in [6.07, 6.45) is 7.15. The number of hydrogen-bond acceptors (Lipinski definition) is 4. The highest BCUT2D eigenvalue weighted by molar-refractivity contribution is 6.17. The second kappa shape index (κ2) is 14.8. The molecule has 5 aromatic rings. The zero-order valence-corrected chi connectivity index (χ0v) is 27.3. The molecule has 0 aliphatic heterocycles. The third-order valence-corrected chi connectivity index (χ3v) is 8.71. The Bertz CT molecular complexity index is 1730. The Morgan fingerprint density at radius 2 is 1.66 bits per heavy atom. The van der Waals surface area contributed by atoms with Crippen molar-refractivity contribution < 1.29 is 14.3 Å². The first-order valence-electron chi connectivity index (χ1n) is 16.0. The summed E-state index contributed by atoms with van der Waals surface area (Å²) in [5.41, 5.74) is 6.72. The summed E-state index contributed by atoms with van der Waals surface area (Å²) in [4.78, 5) is 13.7. The van der Waals surface area contributed by atoms with E-state index in [4.69, 9.17) is 26.2 Å². The average molecular weight is 614 g/mol. The standard InChI is InChI=1S/C37H44ClN3O3/c1-5-7-8-9-12-23-41-35-29(19-14-20-31(35)34-26(3)39-40(4)32(34)25-38)30(36(41)37(42)43-6-2)21-15-24-44-33-22-13-17-27-16-10-11-18-28(27)33/h10-11,13-14,16-20,22H,5-9,12,15,21,23-25H2,1-4H3. The van der Waals surface area contributed by atoms with Crippen LogP contribution in [0.25, 0.3) is 32.8 Å². The monoisotopic (exact) mass is 613 g/mol. The number of halogens is 1. The topological polar surface area (TPSA) is 58.3 Å². The number of aromatic nitrogens is 3. The van der Waals surface area contributed by atoms with Gasteiger partial charge in [0.2, 0.25) is 0 Å². The van der Waals surface area contributed by atoms with Gasteiger partial charge in [0.25, 0.3) is 0 Å². The maximum absolute atomic E-state index is 13.7. The molecule has 0 N–H and O–H groups in total. The molecule has 7 heteroatoms. The van der Waals surface area contributed by atoms with Crippen LogP contribution in [-0.2, 0) is 30.6 Å². The number of carbonyl (C=O) groups is 1. The Morgan fingerprint density at radius 1 is 0.909 bits per heavy atom. The number of aryl methyl sites for hydroxylation is 4. The maximum atomic E-state index is 13.7. The van der Waals surface area contributed by atoms with Gasteiger partial charge in [0, 0.05) is 35.5 Å². The van der Waals surface area contributed by atoms with E-state index < -0.39 is 0 Å². The fourth-order valence-electron chi connectivity index (χ4n) is 6.43. The number of ether oxygens (including phenoxy) is 2. The number of fused-ring (bicyclic) bond motifs is 2. The van der Waals surface area contributed by atoms with Crippen molar-refractivity contribution in [1.82, 2.24) is 14.3 Å². The van der Waals surface area contributed by atoms with Crippen LogP contribution >= 0.6 is 11.6 Å². The van der Waals surface area contributed by atoms with Crippen molar-refractivity contribution in [3.05, 3.63) is 83.3 Å². The zero-order chi connectivity index (χ0) is 31.1. The number of hydrogen-bond donors (Lipinski definition) is 0. The summed E-state index contributed by atoms with van der Waals surface area (Å²) < 4.78 is 16.1. The molecule has 0 bridgehead atoms. The Balaban J connectivity index is 1.56. The van der Waals surface area contributed by atoms with Crippen LogP contribution in [0.5, 0.6) is 5.75 Å². The van der Waals surface area contributed by atoms with Gasteiger partial charge in [-0.15, -0.1) is 11.6 Å². The van der Waals surface area contributed by atoms with Crippen molar-refractivity contribution in [3.63, 3.8) is 0 Å². The smallest absolute Gasteiger partial charge is 0.355 e. The SMILES string of the molecule is CCCCCCCn1c(C(=O)OCC)c(CCCOc2cccc3ccccc23)c2cccc(-c3c(C)nn(C)c3CCl)c21. The van der Waals surface area contributed by atoms with Crippen LogP contribution in [0.1, 0.15) is 79.8 Å². The predicted molar refractivity (Wildman–Crippen MR) is 181 cm³/mol. The van der Waals surface area contributed by atoms with Gasteiger partial charge in [0.05, 0.1) is 36.0 Å². The van der Waals surface area contributed by atoms with Gasteiger partial charge < -0.3 is 14.0 Å². The Hall–Kier alpha value is -3.77. The number of esters is 1. The van der Waals surface area contributed by atoms with Crippen LogP contribution < -0.4 is 4.74 Å². The van der Waals surface area contributed by atoms with E-state index in [1.807, 2.05) is 49.8 Å². The molecule has 3 aromatic carbocycles. The highest BCUT2D eigenvalue weighted by Gasteiger charge is 2.27. The van der Waals surface area contributed by atoms with Gasteiger partial charge in [-0.2, -0.15) is 5.10 Å². The fraction of sp³-hybridized carbons (Fsp3) is 0.405. The van der Waals surface area contributed by atoms with Crippen molar-refractivity contribution in [3.8, 4) is 16.9 Å². The summed E-state index contributed by atoms with van der Waals surface area (Å²) in [5.74, 6) is 0.962. The van der Waals surface area contributed by atoms with Gasteiger partial charge >= 0.3 is 5.97 Å². The molecular formula is C37H44ClN3O3. The van der Waals surface area contributed by atoms with Crippen LogP contribution in [0.3, 0.4) is 0 Å². The van der Waals surface area contributed by atoms with Crippen LogP contribution in [0.4, 0.5) is 0 Å². The van der Waals surface area contributed by atoms with E-state index in [0.717, 1.165) is 81.3 Å². The second-order valence-corrected chi connectivity index (χ2v) is 11.7. The number of alkyl halides is 1. The summed E-state index contributed by atoms with van der Waals surface area (Å²) in [6.45, 7) is 7.73. The van der Waals surface area contributed by atoms with E-state index in [1.54, 1.807) is 0 Å². The molecule has 0 saturated carbocycles. The Morgan fingerprint density at radius 3 is 2.45 bits per heavy atom. The van der Waals surface area contributed by atoms with E-state index in [2.05, 4.69) is 47.9 Å². The first kappa shape index (κ1) is 31.6. The molecule has 232 valence electrons. The number of rotatable bonds is 15. The minimum absolute atomic E-state index is 0.270. The van der Waals surface area contributed by atoms with Crippen molar-refractivity contribution in [1.29, 1.82) is 0 Å². The Labute approximate surface area is 265 Å². The fourth-order valence-corrected chi connectivity index (χ4v) is 6.73. The van der Waals surface area contributed by atoms with Crippen molar-refractivity contribution in [2.45, 2.75) is 78.1 Å². The third-order valence-electron chi connectivity index (χ3n) is 8.46. The molecule has 5 rings (SSSR count). The zero-order valence-electron chi connectivity index (χ0n) is 26.5. The van der Waals surface area contributed by atoms with E-state index in [9.17, 15) is 4.79 Å². The minimum Gasteiger partial charge on any atom is -0.493 e. The molecule has 0 radical (unpaired) electrons. The number of para-hydroxylation sites is 1. The predicted octanol–water partition coefficient (Wildman–Crippen LogP) is 9.40. The molecule has 0 fully saturated rings. The second-order valence-electron chi connectivity index (χ2n) is 11.4. The van der Waals surface area contributed by atoms with Gasteiger partial charge in [-0.25, -0.2) is 4.79 Å². The molecule has 6 nitrogen and oxygen atoms in total. The van der Waals surface area contributed by atoms with Gasteiger partial charge in [-0.05, 0) is 50.1 Å². The van der Waals surface area contributed by atoms with Gasteiger partial charge in [0.15, 0.2) is 0 Å². The molecule has 0 aliphatic carbocycles. The molecular weight excluding hydrogens is 570 g/mol. The average Bonchev–Trinajstić information content (AvgIpc) is 3.51. The van der Waals surface area contributed by atoms with Crippen molar-refractivity contribution in [2.75, 3.05) is 13.2 Å². The number of benzene rings is 3. The third kappa shape index (κ3) is 6.51. The molecule has 2 heterocycles. The van der Waals surface area contributed by atoms with E-state index in [1.165, 1.54) is 19.3 Å². The molecule has 0 aliphatic rings. The van der Waals surface area contributed by atoms with E-state index >= 15 is 0 Å². The molecule has 0 unspecified atom stereocenters. The lowest BCUT2D eigenvalue weighted by Crippen LogP contribution is -2.15. The number of carbonyl (C=O) groups excluding carboxylic acids is 1. The lowest BCUT2D eigenvalue weighted by Gasteiger charge is -2.14. The first-order chi connectivity index (χ1) is 21.5. The summed E-state index contributed by atoms with van der Waals surface area (Å²) in [7, 11) is 1.94. The van der Waals surface area contributed by atoms with Crippen molar-refractivity contribution in [2.24, 2.45) is 7.05 Å². The summed E-state index contributed by atoms with van der Waals surface area (Å²) in [5, 5.41) is 8.05. The van der Waals surface area contributed by atoms with Crippen LogP contribution in [0.2, 0.25) is 0 Å². The number of nitrogens with zero attached hydrogens (tertiary/aromatic N) is 3. The van der Waals surface area contributed by atoms with Crippen LogP contribution in [0.15, 0.2) is 60.7 Å². The summed E-state index contributed by atoms with van der Waals surface area (Å²) >= 11 is 6.47. The van der Waals surface area contributed by atoms with Crippen LogP contribution in [-0.4, -0.2) is 33.5 Å². The Kier molecular flexibility index (Phi) is 10.6. The molecule has 0 spiro atoms. The highest BCUT2D eigenvalue weighted by atomic mass is 35.5. The first-order valence-corrected chi connectivity index (χ1v) is 16.5. The number of unbranched alkanes of at least 4 members (excludes halogenated alkanes) is 4. The van der Waals surface area contributed by atoms with Gasteiger partial charge in [-0.3, -0.25) is 4.68 Å². The highest BCUT2D eigenvalue weighted by Crippen LogP contribution is 2.39. The van der Waals surface area contributed by atoms with Gasteiger partial charge in [0.1, 0.15) is 11.4 Å². The lowest BCUT2D eigenvalue weighted by atomic mass is 9.98. The van der Waals surface area contributed by atoms with Gasteiger partial charge in [-0.1, -0.05) is 87.2 Å². The molecule has 44 heavy (non-hydrogen) atoms. The van der Waals surface area contributed by atoms with E-state index in [0.29, 0.717) is 31.2 Å². The molecule has 0 amide bonds. The quantitative estimate of drug-likeness (QED) is 0.0670. The minimum atomic E-state index is -0.270. The largest absolute Gasteiger partial charge is 0.493 e. The maximum Gasteiger partial charge on any atom is 0.355 e. The molecule has 2 aromatic heterocycles. The lowest BCUT2D eigenvalue weighted by molar-refractivity contribution is 0.0512. The summed E-state index contributed by atoms with van der Waals surface area (Å²) in [6, 6.07) is 20.8. The van der Waals surface area contributed by atoms with Crippen LogP contribution in [0, 0.1) is 6.92 Å². The molecule has 0 saturated heterocycles. The normalized spacial score (nSPS) is 11.5.